The molecule has 1 fully saturated rings. The molecular weight excluding hydrogens is 230 g/mol. The van der Waals surface area contributed by atoms with Crippen LogP contribution in [0.5, 0.6) is 0 Å². The molecule has 0 amide bonds. The van der Waals surface area contributed by atoms with Crippen LogP contribution in [0.4, 0.5) is 0 Å². The van der Waals surface area contributed by atoms with Crippen molar-refractivity contribution in [1.82, 2.24) is 0 Å². The van der Waals surface area contributed by atoms with Crippen molar-refractivity contribution in [3.8, 4) is 0 Å². The SMILES string of the molecule is CC.Cc1ccc(C2(C(N)CC(C)C)CCC2)cc1. The van der Waals surface area contributed by atoms with Crippen LogP contribution in [0.2, 0.25) is 0 Å². The third-order valence-corrected chi connectivity index (χ3v) is 4.31. The van der Waals surface area contributed by atoms with Gasteiger partial charge in [-0.1, -0.05) is 63.9 Å². The standard InChI is InChI=1S/C16H25N.C2H6/c1-12(2)11-15(17)16(9-4-10-16)14-7-5-13(3)6-8-14;1-2/h5-8,12,15H,4,9-11,17H2,1-3H3;1-2H3. The van der Waals surface area contributed by atoms with Crippen LogP contribution in [-0.4, -0.2) is 6.04 Å². The highest BCUT2D eigenvalue weighted by atomic mass is 14.7. The van der Waals surface area contributed by atoms with Crippen LogP contribution in [0.1, 0.15) is 64.5 Å². The van der Waals surface area contributed by atoms with Crippen LogP contribution in [0.15, 0.2) is 24.3 Å². The lowest BCUT2D eigenvalue weighted by Crippen LogP contribution is -2.50. The molecule has 2 rings (SSSR count). The molecule has 0 bridgehead atoms. The molecule has 1 saturated carbocycles. The smallest absolute Gasteiger partial charge is 0.0139 e. The largest absolute Gasteiger partial charge is 0.327 e. The molecule has 1 atom stereocenters. The van der Waals surface area contributed by atoms with Gasteiger partial charge in [-0.05, 0) is 37.7 Å². The average molecular weight is 261 g/mol. The van der Waals surface area contributed by atoms with E-state index in [9.17, 15) is 0 Å². The lowest BCUT2D eigenvalue weighted by atomic mass is 9.59. The van der Waals surface area contributed by atoms with Gasteiger partial charge in [-0.2, -0.15) is 0 Å². The Labute approximate surface area is 119 Å². The summed E-state index contributed by atoms with van der Waals surface area (Å²) in [5.41, 5.74) is 9.56. The summed E-state index contributed by atoms with van der Waals surface area (Å²) in [6.07, 6.45) is 5.00. The van der Waals surface area contributed by atoms with Crippen LogP contribution in [0, 0.1) is 12.8 Å². The lowest BCUT2D eigenvalue weighted by Gasteiger charge is -2.47. The van der Waals surface area contributed by atoms with Gasteiger partial charge in [0, 0.05) is 11.5 Å². The summed E-state index contributed by atoms with van der Waals surface area (Å²) in [5, 5.41) is 0. The van der Waals surface area contributed by atoms with Gasteiger partial charge < -0.3 is 5.73 Å². The molecule has 1 aliphatic rings. The van der Waals surface area contributed by atoms with Crippen molar-refractivity contribution in [2.45, 2.75) is 71.8 Å². The molecule has 1 unspecified atom stereocenters. The zero-order chi connectivity index (χ0) is 14.5. The first-order chi connectivity index (χ1) is 9.04. The van der Waals surface area contributed by atoms with E-state index >= 15 is 0 Å². The van der Waals surface area contributed by atoms with Gasteiger partial charge in [-0.25, -0.2) is 0 Å². The maximum absolute atomic E-state index is 6.48. The van der Waals surface area contributed by atoms with Crippen LogP contribution in [-0.2, 0) is 5.41 Å². The molecule has 108 valence electrons. The number of hydrogen-bond donors (Lipinski definition) is 1. The molecule has 0 saturated heterocycles. The van der Waals surface area contributed by atoms with E-state index in [1.807, 2.05) is 13.8 Å². The van der Waals surface area contributed by atoms with E-state index in [2.05, 4.69) is 45.0 Å². The third kappa shape index (κ3) is 3.60. The van der Waals surface area contributed by atoms with Crippen molar-refractivity contribution in [1.29, 1.82) is 0 Å². The number of aryl methyl sites for hydroxylation is 1. The molecular formula is C18H31N. The average Bonchev–Trinajstić information content (AvgIpc) is 2.32. The van der Waals surface area contributed by atoms with Gasteiger partial charge in [0.2, 0.25) is 0 Å². The summed E-state index contributed by atoms with van der Waals surface area (Å²) in [4.78, 5) is 0. The summed E-state index contributed by atoms with van der Waals surface area (Å²) < 4.78 is 0. The monoisotopic (exact) mass is 261 g/mol. The molecule has 0 aromatic heterocycles. The minimum Gasteiger partial charge on any atom is -0.327 e. The van der Waals surface area contributed by atoms with Crippen molar-refractivity contribution in [3.05, 3.63) is 35.4 Å². The molecule has 0 spiro atoms. The summed E-state index contributed by atoms with van der Waals surface area (Å²) in [6, 6.07) is 9.33. The summed E-state index contributed by atoms with van der Waals surface area (Å²) in [7, 11) is 0. The van der Waals surface area contributed by atoms with E-state index in [-0.39, 0.29) is 5.41 Å². The van der Waals surface area contributed by atoms with Gasteiger partial charge in [0.1, 0.15) is 0 Å². The number of rotatable bonds is 4. The first kappa shape index (κ1) is 16.2. The van der Waals surface area contributed by atoms with E-state index in [0.29, 0.717) is 12.0 Å². The van der Waals surface area contributed by atoms with Crippen molar-refractivity contribution in [3.63, 3.8) is 0 Å². The second kappa shape index (κ2) is 7.09. The van der Waals surface area contributed by atoms with E-state index < -0.39 is 0 Å². The van der Waals surface area contributed by atoms with Gasteiger partial charge in [0.25, 0.3) is 0 Å². The van der Waals surface area contributed by atoms with Crippen LogP contribution >= 0.6 is 0 Å². The highest BCUT2D eigenvalue weighted by Crippen LogP contribution is 2.47. The first-order valence-electron chi connectivity index (χ1n) is 7.87. The van der Waals surface area contributed by atoms with Crippen molar-refractivity contribution < 1.29 is 0 Å². The zero-order valence-corrected chi connectivity index (χ0v) is 13.4. The molecule has 2 N–H and O–H groups in total. The fourth-order valence-corrected chi connectivity index (χ4v) is 3.05. The fourth-order valence-electron chi connectivity index (χ4n) is 3.05. The van der Waals surface area contributed by atoms with E-state index in [0.717, 1.165) is 6.42 Å². The molecule has 1 aliphatic carbocycles. The number of hydrogen-bond acceptors (Lipinski definition) is 1. The third-order valence-electron chi connectivity index (χ3n) is 4.31. The van der Waals surface area contributed by atoms with Crippen molar-refractivity contribution in [2.24, 2.45) is 11.7 Å². The molecule has 0 heterocycles. The number of nitrogens with two attached hydrogens (primary N) is 1. The van der Waals surface area contributed by atoms with Crippen LogP contribution in [0.3, 0.4) is 0 Å². The molecule has 1 nitrogen and oxygen atoms in total. The summed E-state index contributed by atoms with van der Waals surface area (Å²) >= 11 is 0. The zero-order valence-electron chi connectivity index (χ0n) is 13.4. The maximum atomic E-state index is 6.48. The second-order valence-electron chi connectivity index (χ2n) is 6.11. The topological polar surface area (TPSA) is 26.0 Å². The number of benzene rings is 1. The van der Waals surface area contributed by atoms with Gasteiger partial charge >= 0.3 is 0 Å². The molecule has 0 radical (unpaired) electrons. The minimum atomic E-state index is 0.276. The lowest BCUT2D eigenvalue weighted by molar-refractivity contribution is 0.178. The summed E-state index contributed by atoms with van der Waals surface area (Å²) in [6.45, 7) is 10.7. The Morgan fingerprint density at radius 3 is 2.00 bits per heavy atom. The van der Waals surface area contributed by atoms with Gasteiger partial charge in [0.05, 0.1) is 0 Å². The first-order valence-corrected chi connectivity index (χ1v) is 7.87. The van der Waals surface area contributed by atoms with Crippen LogP contribution < -0.4 is 5.73 Å². The Morgan fingerprint density at radius 1 is 1.11 bits per heavy atom. The Balaban J connectivity index is 0.000000861. The Bertz CT molecular complexity index is 360. The van der Waals surface area contributed by atoms with E-state index in [1.165, 1.54) is 30.4 Å². The normalized spacial score (nSPS) is 18.3. The summed E-state index contributed by atoms with van der Waals surface area (Å²) in [5.74, 6) is 0.688. The second-order valence-corrected chi connectivity index (χ2v) is 6.11. The minimum absolute atomic E-state index is 0.276. The molecule has 1 aromatic carbocycles. The molecule has 19 heavy (non-hydrogen) atoms. The Kier molecular flexibility index (Phi) is 6.06. The highest BCUT2D eigenvalue weighted by molar-refractivity contribution is 5.32. The highest BCUT2D eigenvalue weighted by Gasteiger charge is 2.43. The van der Waals surface area contributed by atoms with Crippen LogP contribution in [0.25, 0.3) is 0 Å². The quantitative estimate of drug-likeness (QED) is 0.826. The van der Waals surface area contributed by atoms with Crippen molar-refractivity contribution >= 4 is 0 Å². The van der Waals surface area contributed by atoms with Gasteiger partial charge in [-0.15, -0.1) is 0 Å². The van der Waals surface area contributed by atoms with Gasteiger partial charge in [-0.3, -0.25) is 0 Å². The van der Waals surface area contributed by atoms with E-state index in [1.54, 1.807) is 0 Å². The predicted molar refractivity (Wildman–Crippen MR) is 85.5 cm³/mol. The molecule has 0 aliphatic heterocycles. The Morgan fingerprint density at radius 2 is 1.63 bits per heavy atom. The molecule has 1 heteroatoms. The van der Waals surface area contributed by atoms with Gasteiger partial charge in [0.15, 0.2) is 0 Å². The van der Waals surface area contributed by atoms with E-state index in [4.69, 9.17) is 5.73 Å². The Hall–Kier alpha value is -0.820. The maximum Gasteiger partial charge on any atom is 0.0139 e. The molecule has 1 aromatic rings. The van der Waals surface area contributed by atoms with Crippen molar-refractivity contribution in [2.75, 3.05) is 0 Å². The predicted octanol–water partition coefficient (Wildman–Crippen LogP) is 4.82. The fraction of sp³-hybridized carbons (Fsp3) is 0.667.